The predicted molar refractivity (Wildman–Crippen MR) is 249 cm³/mol. The van der Waals surface area contributed by atoms with Crippen LogP contribution in [0.25, 0.3) is 16.7 Å². The summed E-state index contributed by atoms with van der Waals surface area (Å²) >= 11 is 0. The Morgan fingerprint density at radius 2 is 1.61 bits per heavy atom. The maximum Gasteiger partial charge on any atom is 0.125 e. The summed E-state index contributed by atoms with van der Waals surface area (Å²) in [5.41, 5.74) is 15.7. The number of hydrogen-bond donors (Lipinski definition) is 2. The zero-order valence-electron chi connectivity index (χ0n) is 36.0. The molecule has 5 nitrogen and oxygen atoms in total. The summed E-state index contributed by atoms with van der Waals surface area (Å²) in [4.78, 5) is 8.40. The third kappa shape index (κ3) is 6.05. The first-order valence-electron chi connectivity index (χ1n) is 23.2. The number of aliphatic imine (C=N–C) groups is 1. The van der Waals surface area contributed by atoms with Gasteiger partial charge >= 0.3 is 0 Å². The molecule has 1 fully saturated rings. The van der Waals surface area contributed by atoms with Gasteiger partial charge in [-0.3, -0.25) is 5.32 Å². The fraction of sp³-hybridized carbons (Fsp3) is 0.375. The largest absolute Gasteiger partial charge is 0.370 e. The van der Waals surface area contributed by atoms with E-state index in [-0.39, 0.29) is 36.0 Å². The van der Waals surface area contributed by atoms with Crippen LogP contribution < -0.4 is 15.5 Å². The van der Waals surface area contributed by atoms with E-state index in [1.807, 2.05) is 0 Å². The molecule has 3 heterocycles. The molecular weight excluding hydrogens is 745 g/mol. The van der Waals surface area contributed by atoms with Gasteiger partial charge in [0.1, 0.15) is 18.2 Å². The van der Waals surface area contributed by atoms with Gasteiger partial charge in [-0.25, -0.2) is 4.99 Å². The van der Waals surface area contributed by atoms with Gasteiger partial charge in [0, 0.05) is 40.5 Å². The number of allylic oxidation sites excluding steroid dienone is 5. The summed E-state index contributed by atoms with van der Waals surface area (Å²) in [5, 5.41) is 7.97. The van der Waals surface area contributed by atoms with E-state index in [1.54, 1.807) is 11.1 Å². The number of benzene rings is 4. The Labute approximate surface area is 362 Å². The molecule has 2 N–H and O–H groups in total. The van der Waals surface area contributed by atoms with Gasteiger partial charge in [-0.1, -0.05) is 161 Å². The van der Waals surface area contributed by atoms with E-state index < -0.39 is 0 Å². The van der Waals surface area contributed by atoms with Gasteiger partial charge in [0.05, 0.1) is 18.2 Å². The summed E-state index contributed by atoms with van der Waals surface area (Å²) in [7, 11) is 0. The van der Waals surface area contributed by atoms with Crippen LogP contribution in [-0.4, -0.2) is 30.3 Å². The number of hydrogen-bond acceptors (Lipinski definition) is 5. The van der Waals surface area contributed by atoms with Gasteiger partial charge in [-0.05, 0) is 101 Å². The normalized spacial score (nSPS) is 33.9. The van der Waals surface area contributed by atoms with Crippen molar-refractivity contribution in [3.63, 3.8) is 0 Å². The lowest BCUT2D eigenvalue weighted by Gasteiger charge is -2.42. The van der Waals surface area contributed by atoms with Crippen molar-refractivity contribution < 1.29 is 4.74 Å². The highest BCUT2D eigenvalue weighted by molar-refractivity contribution is 5.89. The predicted octanol–water partition coefficient (Wildman–Crippen LogP) is 11.8. The maximum atomic E-state index is 7.28. The first-order valence-corrected chi connectivity index (χ1v) is 23.2. The van der Waals surface area contributed by atoms with E-state index in [0.29, 0.717) is 35.5 Å². The Morgan fingerprint density at radius 1 is 0.820 bits per heavy atom. The molecule has 12 rings (SSSR count). The third-order valence-corrected chi connectivity index (χ3v) is 16.0. The number of fused-ring (bicyclic) bond motifs is 8. The van der Waals surface area contributed by atoms with Gasteiger partial charge < -0.3 is 15.0 Å². The summed E-state index contributed by atoms with van der Waals surface area (Å²) in [6.07, 6.45) is 20.1. The number of nitrogens with zero attached hydrogens (tertiary/aromatic N) is 2. The van der Waals surface area contributed by atoms with E-state index in [9.17, 15) is 0 Å². The molecule has 61 heavy (non-hydrogen) atoms. The Balaban J connectivity index is 0.869. The molecule has 0 spiro atoms. The number of anilines is 1. The van der Waals surface area contributed by atoms with Crippen LogP contribution in [0.4, 0.5) is 5.69 Å². The Hall–Kier alpha value is -5.23. The first-order chi connectivity index (χ1) is 29.8. The van der Waals surface area contributed by atoms with Crippen molar-refractivity contribution in [1.82, 2.24) is 10.6 Å². The van der Waals surface area contributed by atoms with Crippen molar-refractivity contribution >= 4 is 17.1 Å². The smallest absolute Gasteiger partial charge is 0.125 e. The second-order valence-electron chi connectivity index (χ2n) is 19.9. The van der Waals surface area contributed by atoms with Gasteiger partial charge in [-0.2, -0.15) is 0 Å². The molecule has 1 saturated heterocycles. The van der Waals surface area contributed by atoms with E-state index >= 15 is 0 Å². The number of amidine groups is 1. The summed E-state index contributed by atoms with van der Waals surface area (Å²) in [6, 6.07) is 38.4. The first kappa shape index (κ1) is 37.5. The SMILES string of the molecule is CC1C=C(N2c3ccc(-c4ccccc4)cc3C3C=CC=CC32)C2C(C1)OC1C=C(C3N=C(C4CCC5=C(C4)C(C)(C)c4ccccc45)NC(c4ccccc4)N3)C(C)CC12. The molecule has 0 amide bonds. The molecule has 5 aliphatic carbocycles. The van der Waals surface area contributed by atoms with E-state index in [0.717, 1.165) is 32.1 Å². The monoisotopic (exact) mass is 802 g/mol. The number of rotatable bonds is 5. The van der Waals surface area contributed by atoms with Gasteiger partial charge in [0.15, 0.2) is 0 Å². The zero-order valence-corrected chi connectivity index (χ0v) is 36.0. The fourth-order valence-corrected chi connectivity index (χ4v) is 13.1. The molecule has 8 aliphatic rings. The lowest BCUT2D eigenvalue weighted by Crippen LogP contribution is -2.52. The second kappa shape index (κ2) is 14.4. The Bertz CT molecular complexity index is 2580. The standard InChI is InChI=1S/C56H58N4O/c1-33-27-49(60-47-22-14-12-20-41(47)43-30-37(24-26-48(43)60)35-15-7-5-8-16-35)52-44-29-34(2)42(32-50(44)61-51(52)28-33)55-58-53(36-17-9-6-10-18-36)57-54(59-55)38-23-25-40-39-19-11-13-21-45(39)56(3,4)46(40)31-38/h5-22,24,26-27,30,32-34,38,41,44,47,50-53,55,58H,23,25,28-29,31H2,1-4H3,(H,57,59). The molecule has 4 aromatic rings. The minimum atomic E-state index is -0.106. The quantitative estimate of drug-likeness (QED) is 0.197. The average Bonchev–Trinajstić information content (AvgIpc) is 3.90. The second-order valence-corrected chi connectivity index (χ2v) is 19.9. The molecule has 0 bridgehead atoms. The van der Waals surface area contributed by atoms with Crippen LogP contribution in [0.15, 0.2) is 161 Å². The van der Waals surface area contributed by atoms with E-state index in [1.165, 1.54) is 56.2 Å². The lowest BCUT2D eigenvalue weighted by molar-refractivity contribution is 0.0388. The zero-order chi connectivity index (χ0) is 41.0. The minimum absolute atomic E-state index is 0.0145. The van der Waals surface area contributed by atoms with Crippen molar-refractivity contribution in [1.29, 1.82) is 0 Å². The van der Waals surface area contributed by atoms with Crippen LogP contribution in [0.2, 0.25) is 0 Å². The van der Waals surface area contributed by atoms with Gasteiger partial charge in [-0.15, -0.1) is 0 Å². The summed E-state index contributed by atoms with van der Waals surface area (Å²) in [5.74, 6) is 3.43. The third-order valence-electron chi connectivity index (χ3n) is 16.0. The highest BCUT2D eigenvalue weighted by atomic mass is 16.5. The molecule has 308 valence electrons. The van der Waals surface area contributed by atoms with Gasteiger partial charge in [0.25, 0.3) is 0 Å². The van der Waals surface area contributed by atoms with Crippen LogP contribution in [0.3, 0.4) is 0 Å². The van der Waals surface area contributed by atoms with E-state index in [2.05, 4.69) is 183 Å². The topological polar surface area (TPSA) is 48.9 Å². The van der Waals surface area contributed by atoms with Crippen molar-refractivity contribution in [2.75, 3.05) is 4.90 Å². The van der Waals surface area contributed by atoms with Crippen LogP contribution in [0, 0.1) is 29.6 Å². The highest BCUT2D eigenvalue weighted by Crippen LogP contribution is 2.56. The maximum absolute atomic E-state index is 7.28. The number of ether oxygens (including phenoxy) is 1. The van der Waals surface area contributed by atoms with Crippen LogP contribution in [0.1, 0.15) is 94.1 Å². The molecule has 3 aliphatic heterocycles. The van der Waals surface area contributed by atoms with Gasteiger partial charge in [0.2, 0.25) is 0 Å². The molecule has 0 aromatic heterocycles. The highest BCUT2D eigenvalue weighted by Gasteiger charge is 2.53. The summed E-state index contributed by atoms with van der Waals surface area (Å²) < 4.78 is 7.28. The Morgan fingerprint density at radius 3 is 2.46 bits per heavy atom. The van der Waals surface area contributed by atoms with Crippen molar-refractivity contribution in [2.45, 2.75) is 102 Å². The average molecular weight is 803 g/mol. The molecule has 0 saturated carbocycles. The lowest BCUT2D eigenvalue weighted by atomic mass is 9.69. The van der Waals surface area contributed by atoms with Crippen LogP contribution in [-0.2, 0) is 10.2 Å². The molecule has 11 unspecified atom stereocenters. The Kier molecular flexibility index (Phi) is 8.87. The summed E-state index contributed by atoms with van der Waals surface area (Å²) in [6.45, 7) is 9.71. The van der Waals surface area contributed by atoms with Crippen molar-refractivity contribution in [2.24, 2.45) is 34.6 Å². The van der Waals surface area contributed by atoms with Crippen LogP contribution in [0.5, 0.6) is 0 Å². The molecule has 4 aromatic carbocycles. The molecule has 5 heteroatoms. The van der Waals surface area contributed by atoms with E-state index in [4.69, 9.17) is 9.73 Å². The minimum Gasteiger partial charge on any atom is -0.370 e. The number of nitrogens with one attached hydrogen (secondary N) is 2. The molecule has 11 atom stereocenters. The molecular formula is C56H58N4O. The fourth-order valence-electron chi connectivity index (χ4n) is 13.1. The van der Waals surface area contributed by atoms with Crippen molar-refractivity contribution in [3.05, 3.63) is 179 Å². The van der Waals surface area contributed by atoms with Crippen LogP contribution >= 0.6 is 0 Å². The van der Waals surface area contributed by atoms with Crippen molar-refractivity contribution in [3.8, 4) is 11.1 Å². The molecule has 0 radical (unpaired) electrons.